The zero-order valence-corrected chi connectivity index (χ0v) is 19.5. The van der Waals surface area contributed by atoms with Gasteiger partial charge in [-0.15, -0.1) is 0 Å². The van der Waals surface area contributed by atoms with E-state index in [0.29, 0.717) is 22.2 Å². The first-order valence-electron chi connectivity index (χ1n) is 10.8. The zero-order valence-electron chi connectivity index (χ0n) is 18.0. The maximum Gasteiger partial charge on any atom is 0.249 e. The molecule has 33 heavy (non-hydrogen) atoms. The topological polar surface area (TPSA) is 48.0 Å². The lowest BCUT2D eigenvalue weighted by Gasteiger charge is -2.11. The van der Waals surface area contributed by atoms with Crippen LogP contribution in [-0.2, 0) is 13.0 Å². The van der Waals surface area contributed by atoms with Gasteiger partial charge in [-0.05, 0) is 65.6 Å². The Morgan fingerprint density at radius 3 is 2.52 bits per heavy atom. The number of fused-ring (bicyclic) bond motifs is 3. The van der Waals surface area contributed by atoms with Crippen molar-refractivity contribution in [2.75, 3.05) is 0 Å². The van der Waals surface area contributed by atoms with E-state index < -0.39 is 5.91 Å². The Labute approximate surface area is 202 Å². The number of benzene rings is 4. The van der Waals surface area contributed by atoms with Crippen molar-refractivity contribution >= 4 is 50.9 Å². The smallest absolute Gasteiger partial charge is 0.249 e. The van der Waals surface area contributed by atoms with E-state index in [9.17, 15) is 4.79 Å². The lowest BCUT2D eigenvalue weighted by atomic mass is 10.0. The number of nitrogens with zero attached hydrogens (tertiary/aromatic N) is 1. The van der Waals surface area contributed by atoms with Crippen LogP contribution in [0.25, 0.3) is 32.9 Å². The molecule has 0 aliphatic carbocycles. The van der Waals surface area contributed by atoms with E-state index in [2.05, 4.69) is 47.9 Å². The fraction of sp³-hybridized carbons (Fsp3) is 0.107. The molecular formula is C28H21Cl2N2O. The highest BCUT2D eigenvalue weighted by atomic mass is 35.5. The first-order valence-corrected chi connectivity index (χ1v) is 11.5. The number of halogens is 2. The van der Waals surface area contributed by atoms with Gasteiger partial charge in [0.15, 0.2) is 0 Å². The van der Waals surface area contributed by atoms with E-state index in [-0.39, 0.29) is 0 Å². The minimum Gasteiger partial charge on any atom is -0.366 e. The quantitative estimate of drug-likeness (QED) is 0.287. The normalized spacial score (nSPS) is 11.4. The number of carbonyl (C=O) groups is 1. The number of hydrogen-bond donors (Lipinski definition) is 1. The van der Waals surface area contributed by atoms with Crippen molar-refractivity contribution in [3.05, 3.63) is 106 Å². The van der Waals surface area contributed by atoms with Crippen LogP contribution < -0.4 is 5.73 Å². The van der Waals surface area contributed by atoms with Crippen molar-refractivity contribution in [2.45, 2.75) is 19.9 Å². The summed E-state index contributed by atoms with van der Waals surface area (Å²) in [6.07, 6.45) is 0.972. The van der Waals surface area contributed by atoms with Crippen LogP contribution in [0.3, 0.4) is 0 Å². The Bertz CT molecular complexity index is 1530. The van der Waals surface area contributed by atoms with Crippen LogP contribution in [0.15, 0.2) is 72.8 Å². The summed E-state index contributed by atoms with van der Waals surface area (Å²) < 4.78 is 2.22. The molecule has 0 atom stereocenters. The fourth-order valence-electron chi connectivity index (χ4n) is 4.44. The SMILES string of the molecule is CCc1cccc(Cn2c3cc(-c4ccc(Cl)cc4Cl)c[c]c3c3c(C(N)=O)cccc32)c1. The number of primary amides is 1. The highest BCUT2D eigenvalue weighted by Gasteiger charge is 2.18. The van der Waals surface area contributed by atoms with Crippen molar-refractivity contribution in [3.8, 4) is 11.1 Å². The van der Waals surface area contributed by atoms with Crippen molar-refractivity contribution < 1.29 is 4.79 Å². The molecule has 0 saturated carbocycles. The monoisotopic (exact) mass is 471 g/mol. The average Bonchev–Trinajstić information content (AvgIpc) is 3.12. The predicted octanol–water partition coefficient (Wildman–Crippen LogP) is 7.28. The molecule has 0 aliphatic heterocycles. The summed E-state index contributed by atoms with van der Waals surface area (Å²) >= 11 is 12.6. The Balaban J connectivity index is 1.79. The highest BCUT2D eigenvalue weighted by Crippen LogP contribution is 2.37. The summed E-state index contributed by atoms with van der Waals surface area (Å²) in [6, 6.07) is 27.1. The molecule has 5 heteroatoms. The molecule has 0 fully saturated rings. The standard InChI is InChI=1S/C28H21Cl2N2O/c1-2-17-5-3-6-18(13-17)16-32-25-8-4-7-23(28(31)33)27(25)22-11-9-19(14-26(22)32)21-12-10-20(29)15-24(21)30/h3-10,12-15H,2,16H2,1H3,(H2,31,33). The first kappa shape index (κ1) is 21.6. The van der Waals surface area contributed by atoms with Gasteiger partial charge in [-0.2, -0.15) is 0 Å². The van der Waals surface area contributed by atoms with Crippen LogP contribution in [-0.4, -0.2) is 10.5 Å². The maximum absolute atomic E-state index is 12.2. The van der Waals surface area contributed by atoms with Crippen LogP contribution in [0.4, 0.5) is 0 Å². The Kier molecular flexibility index (Phi) is 5.61. The average molecular weight is 472 g/mol. The van der Waals surface area contributed by atoms with E-state index in [1.807, 2.05) is 30.3 Å². The molecule has 0 saturated heterocycles. The molecular weight excluding hydrogens is 451 g/mol. The van der Waals surface area contributed by atoms with Gasteiger partial charge in [0, 0.05) is 38.5 Å². The molecule has 2 N–H and O–H groups in total. The Morgan fingerprint density at radius 2 is 1.76 bits per heavy atom. The number of nitrogens with two attached hydrogens (primary N) is 1. The second-order valence-corrected chi connectivity index (χ2v) is 8.94. The minimum absolute atomic E-state index is 0.453. The molecule has 0 bridgehead atoms. The van der Waals surface area contributed by atoms with Gasteiger partial charge in [0.25, 0.3) is 0 Å². The third-order valence-corrected chi connectivity index (χ3v) is 6.59. The lowest BCUT2D eigenvalue weighted by Crippen LogP contribution is -2.11. The summed E-state index contributed by atoms with van der Waals surface area (Å²) in [4.78, 5) is 12.2. The predicted molar refractivity (Wildman–Crippen MR) is 137 cm³/mol. The van der Waals surface area contributed by atoms with E-state index in [1.54, 1.807) is 12.1 Å². The first-order chi connectivity index (χ1) is 16.0. The van der Waals surface area contributed by atoms with Gasteiger partial charge in [-0.1, -0.05) is 66.5 Å². The third kappa shape index (κ3) is 3.88. The fourth-order valence-corrected chi connectivity index (χ4v) is 4.96. The number of aromatic nitrogens is 1. The van der Waals surface area contributed by atoms with Crippen LogP contribution >= 0.6 is 23.2 Å². The van der Waals surface area contributed by atoms with Crippen LogP contribution in [0.2, 0.25) is 10.0 Å². The molecule has 0 aliphatic rings. The Hall–Kier alpha value is -3.27. The zero-order chi connectivity index (χ0) is 23.1. The minimum atomic E-state index is -0.453. The van der Waals surface area contributed by atoms with Gasteiger partial charge in [-0.3, -0.25) is 4.79 Å². The summed E-state index contributed by atoms with van der Waals surface area (Å²) in [7, 11) is 0. The molecule has 5 aromatic rings. The van der Waals surface area contributed by atoms with Gasteiger partial charge in [0.05, 0.1) is 11.0 Å². The molecule has 1 heterocycles. The van der Waals surface area contributed by atoms with Gasteiger partial charge >= 0.3 is 0 Å². The summed E-state index contributed by atoms with van der Waals surface area (Å²) in [5, 5.41) is 2.84. The summed E-state index contributed by atoms with van der Waals surface area (Å²) in [5.41, 5.74) is 12.4. The molecule has 163 valence electrons. The number of aryl methyl sites for hydroxylation is 1. The maximum atomic E-state index is 12.2. The second-order valence-electron chi connectivity index (χ2n) is 8.10. The van der Waals surface area contributed by atoms with Gasteiger partial charge in [0.1, 0.15) is 0 Å². The van der Waals surface area contributed by atoms with Crippen molar-refractivity contribution in [3.63, 3.8) is 0 Å². The van der Waals surface area contributed by atoms with Gasteiger partial charge in [0.2, 0.25) is 5.91 Å². The van der Waals surface area contributed by atoms with Crippen molar-refractivity contribution in [1.29, 1.82) is 0 Å². The third-order valence-electron chi connectivity index (χ3n) is 6.04. The van der Waals surface area contributed by atoms with E-state index >= 15 is 0 Å². The molecule has 0 spiro atoms. The number of hydrogen-bond acceptors (Lipinski definition) is 1. The second kappa shape index (κ2) is 8.58. The number of rotatable bonds is 5. The van der Waals surface area contributed by atoms with E-state index in [4.69, 9.17) is 28.9 Å². The number of carbonyl (C=O) groups excluding carboxylic acids is 1. The summed E-state index contributed by atoms with van der Waals surface area (Å²) in [5.74, 6) is -0.453. The van der Waals surface area contributed by atoms with Crippen molar-refractivity contribution in [1.82, 2.24) is 4.57 Å². The molecule has 1 amide bonds. The van der Waals surface area contributed by atoms with Crippen LogP contribution in [0.1, 0.15) is 28.4 Å². The van der Waals surface area contributed by atoms with E-state index in [0.717, 1.165) is 39.4 Å². The van der Waals surface area contributed by atoms with Crippen molar-refractivity contribution in [2.24, 2.45) is 5.73 Å². The lowest BCUT2D eigenvalue weighted by molar-refractivity contribution is 0.100. The van der Waals surface area contributed by atoms with Gasteiger partial charge in [-0.25, -0.2) is 0 Å². The molecule has 5 rings (SSSR count). The molecule has 1 aromatic heterocycles. The highest BCUT2D eigenvalue weighted by molar-refractivity contribution is 6.36. The molecule has 0 unspecified atom stereocenters. The van der Waals surface area contributed by atoms with Crippen LogP contribution in [0.5, 0.6) is 0 Å². The summed E-state index contributed by atoms with van der Waals surface area (Å²) in [6.45, 7) is 2.80. The van der Waals surface area contributed by atoms with Crippen LogP contribution in [0, 0.1) is 6.07 Å². The number of amides is 1. The largest absolute Gasteiger partial charge is 0.366 e. The van der Waals surface area contributed by atoms with E-state index in [1.165, 1.54) is 11.1 Å². The van der Waals surface area contributed by atoms with Gasteiger partial charge < -0.3 is 10.3 Å². The molecule has 4 aromatic carbocycles. The Morgan fingerprint density at radius 1 is 0.970 bits per heavy atom. The molecule has 3 nitrogen and oxygen atoms in total. The molecule has 1 radical (unpaired) electrons.